The number of nitrogens with zero attached hydrogens (tertiary/aromatic N) is 1. The molecule has 1 heterocycles. The zero-order valence-electron chi connectivity index (χ0n) is 16.7. The summed E-state index contributed by atoms with van der Waals surface area (Å²) >= 11 is 1.44. The van der Waals surface area contributed by atoms with E-state index < -0.39 is 11.8 Å². The molecule has 31 heavy (non-hydrogen) atoms. The van der Waals surface area contributed by atoms with Gasteiger partial charge in [-0.2, -0.15) is 5.10 Å². The van der Waals surface area contributed by atoms with Crippen molar-refractivity contribution in [3.8, 4) is 11.5 Å². The number of carbonyl (C=O) groups excluding carboxylic acids is 2. The molecule has 2 aromatic carbocycles. The molecule has 158 valence electrons. The lowest BCUT2D eigenvalue weighted by atomic mass is 10.2. The fourth-order valence-corrected chi connectivity index (χ4v) is 3.22. The zero-order valence-corrected chi connectivity index (χ0v) is 17.6. The first-order valence-electron chi connectivity index (χ1n) is 9.47. The predicted octanol–water partition coefficient (Wildman–Crippen LogP) is 3.77. The van der Waals surface area contributed by atoms with Gasteiger partial charge in [0.1, 0.15) is 5.70 Å². The molecular formula is C23H21N3O4S. The van der Waals surface area contributed by atoms with E-state index in [2.05, 4.69) is 15.8 Å². The van der Waals surface area contributed by atoms with E-state index in [1.165, 1.54) is 23.6 Å². The molecule has 0 unspecified atom stereocenters. The van der Waals surface area contributed by atoms with Crippen molar-refractivity contribution in [1.29, 1.82) is 0 Å². The molecule has 3 aromatic rings. The van der Waals surface area contributed by atoms with Crippen LogP contribution in [0, 0.1) is 0 Å². The number of nitrogens with one attached hydrogen (secondary N) is 2. The van der Waals surface area contributed by atoms with Crippen LogP contribution < -0.4 is 15.5 Å². The minimum atomic E-state index is -0.572. The number of carbonyl (C=O) groups is 2. The number of hydrogen-bond donors (Lipinski definition) is 3. The third-order valence-electron chi connectivity index (χ3n) is 4.02. The van der Waals surface area contributed by atoms with Gasteiger partial charge in [-0.15, -0.1) is 11.3 Å². The van der Waals surface area contributed by atoms with Crippen molar-refractivity contribution in [3.63, 3.8) is 0 Å². The summed E-state index contributed by atoms with van der Waals surface area (Å²) in [6, 6.07) is 17.0. The molecule has 0 aliphatic carbocycles. The molecule has 0 spiro atoms. The van der Waals surface area contributed by atoms with Gasteiger partial charge < -0.3 is 15.2 Å². The molecule has 0 atom stereocenters. The summed E-state index contributed by atoms with van der Waals surface area (Å²) in [5.74, 6) is -0.626. The first kappa shape index (κ1) is 21.8. The van der Waals surface area contributed by atoms with Crippen LogP contribution in [0.5, 0.6) is 11.5 Å². The normalized spacial score (nSPS) is 11.3. The van der Waals surface area contributed by atoms with Gasteiger partial charge in [-0.1, -0.05) is 24.3 Å². The molecule has 0 saturated heterocycles. The number of hydrazone groups is 1. The Kier molecular flexibility index (Phi) is 7.56. The third-order valence-corrected chi connectivity index (χ3v) is 4.84. The van der Waals surface area contributed by atoms with Crippen LogP contribution in [0.2, 0.25) is 0 Å². The minimum absolute atomic E-state index is 0.0211. The van der Waals surface area contributed by atoms with Gasteiger partial charge in [-0.25, -0.2) is 5.43 Å². The van der Waals surface area contributed by atoms with Crippen LogP contribution in [-0.4, -0.2) is 29.7 Å². The molecule has 0 radical (unpaired) electrons. The Morgan fingerprint density at radius 1 is 1.13 bits per heavy atom. The van der Waals surface area contributed by atoms with Gasteiger partial charge in [0.05, 0.1) is 12.8 Å². The number of hydrogen-bond acceptors (Lipinski definition) is 6. The van der Waals surface area contributed by atoms with Gasteiger partial charge in [-0.3, -0.25) is 9.59 Å². The number of phenols is 1. The number of phenolic OH excluding ortho intramolecular Hbond substituents is 1. The van der Waals surface area contributed by atoms with Crippen LogP contribution in [0.3, 0.4) is 0 Å². The summed E-state index contributed by atoms with van der Waals surface area (Å²) in [5, 5.41) is 18.2. The molecule has 3 rings (SSSR count). The first-order chi connectivity index (χ1) is 15.1. The van der Waals surface area contributed by atoms with Crippen LogP contribution in [0.4, 0.5) is 0 Å². The van der Waals surface area contributed by atoms with E-state index in [0.29, 0.717) is 23.5 Å². The SMILES string of the molecule is CCOc1cc(/C=N\NC(=O)/C(=C\c2cccs2)NC(=O)c2ccccc2)ccc1O. The van der Waals surface area contributed by atoms with Crippen LogP contribution in [0.25, 0.3) is 6.08 Å². The zero-order chi connectivity index (χ0) is 22.1. The molecule has 2 amide bonds. The number of thiophene rings is 1. The number of amides is 2. The van der Waals surface area contributed by atoms with Gasteiger partial charge in [0, 0.05) is 10.4 Å². The van der Waals surface area contributed by atoms with Crippen LogP contribution in [0.15, 0.2) is 76.8 Å². The Balaban J connectivity index is 1.73. The standard InChI is InChI=1S/C23H21N3O4S/c1-2-30-21-13-16(10-11-20(21)27)15-24-26-23(29)19(14-18-9-6-12-31-18)25-22(28)17-7-4-3-5-8-17/h3-15,27H,2H2,1H3,(H,25,28)(H,26,29)/b19-14+,24-15-. The molecule has 7 nitrogen and oxygen atoms in total. The molecule has 0 saturated carbocycles. The van der Waals surface area contributed by atoms with E-state index in [1.807, 2.05) is 24.4 Å². The smallest absolute Gasteiger partial charge is 0.287 e. The number of benzene rings is 2. The van der Waals surface area contributed by atoms with E-state index >= 15 is 0 Å². The Morgan fingerprint density at radius 2 is 1.94 bits per heavy atom. The molecule has 0 aliphatic rings. The highest BCUT2D eigenvalue weighted by atomic mass is 32.1. The Morgan fingerprint density at radius 3 is 2.65 bits per heavy atom. The van der Waals surface area contributed by atoms with Gasteiger partial charge in [0.15, 0.2) is 11.5 Å². The van der Waals surface area contributed by atoms with E-state index in [1.54, 1.807) is 48.5 Å². The van der Waals surface area contributed by atoms with E-state index in [0.717, 1.165) is 4.88 Å². The lowest BCUT2D eigenvalue weighted by Gasteiger charge is -2.09. The second kappa shape index (κ2) is 10.7. The van der Waals surface area contributed by atoms with Crippen molar-refractivity contribution in [2.24, 2.45) is 5.10 Å². The van der Waals surface area contributed by atoms with Crippen molar-refractivity contribution < 1.29 is 19.4 Å². The van der Waals surface area contributed by atoms with Crippen LogP contribution in [0.1, 0.15) is 27.7 Å². The maximum Gasteiger partial charge on any atom is 0.287 e. The van der Waals surface area contributed by atoms with Crippen LogP contribution in [-0.2, 0) is 4.79 Å². The van der Waals surface area contributed by atoms with Crippen LogP contribution >= 0.6 is 11.3 Å². The van der Waals surface area contributed by atoms with Crippen molar-refractivity contribution in [2.75, 3.05) is 6.61 Å². The summed E-state index contributed by atoms with van der Waals surface area (Å²) in [6.45, 7) is 2.22. The molecule has 0 fully saturated rings. The van der Waals surface area contributed by atoms with E-state index in [-0.39, 0.29) is 11.4 Å². The van der Waals surface area contributed by atoms with Crippen molar-refractivity contribution >= 4 is 35.4 Å². The number of rotatable bonds is 8. The summed E-state index contributed by atoms with van der Waals surface area (Å²) in [4.78, 5) is 26.0. The number of ether oxygens (including phenoxy) is 1. The third kappa shape index (κ3) is 6.28. The summed E-state index contributed by atoms with van der Waals surface area (Å²) in [6.07, 6.45) is 3.01. The summed E-state index contributed by atoms with van der Waals surface area (Å²) < 4.78 is 5.33. The average molecular weight is 436 g/mol. The first-order valence-corrected chi connectivity index (χ1v) is 10.4. The highest BCUT2D eigenvalue weighted by molar-refractivity contribution is 7.10. The Labute approximate surface area is 183 Å². The molecule has 3 N–H and O–H groups in total. The van der Waals surface area contributed by atoms with Crippen molar-refractivity contribution in [1.82, 2.24) is 10.7 Å². The monoisotopic (exact) mass is 435 g/mol. The quantitative estimate of drug-likeness (QED) is 0.285. The maximum atomic E-state index is 12.7. The Bertz CT molecular complexity index is 1090. The fraction of sp³-hybridized carbons (Fsp3) is 0.0870. The van der Waals surface area contributed by atoms with Gasteiger partial charge in [-0.05, 0) is 60.3 Å². The molecule has 0 aliphatic heterocycles. The summed E-state index contributed by atoms with van der Waals surface area (Å²) in [5.41, 5.74) is 3.54. The molecule has 0 bridgehead atoms. The summed E-state index contributed by atoms with van der Waals surface area (Å²) in [7, 11) is 0. The maximum absolute atomic E-state index is 12.7. The fourth-order valence-electron chi connectivity index (χ4n) is 2.57. The topological polar surface area (TPSA) is 100 Å². The second-order valence-electron chi connectivity index (χ2n) is 6.25. The van der Waals surface area contributed by atoms with Crippen molar-refractivity contribution in [3.05, 3.63) is 87.7 Å². The lowest BCUT2D eigenvalue weighted by Crippen LogP contribution is -2.32. The highest BCUT2D eigenvalue weighted by Crippen LogP contribution is 2.26. The highest BCUT2D eigenvalue weighted by Gasteiger charge is 2.14. The van der Waals surface area contributed by atoms with Gasteiger partial charge in [0.2, 0.25) is 0 Å². The number of aromatic hydroxyl groups is 1. The molecule has 8 heteroatoms. The van der Waals surface area contributed by atoms with Crippen molar-refractivity contribution in [2.45, 2.75) is 6.92 Å². The average Bonchev–Trinajstić information content (AvgIpc) is 3.29. The van der Waals surface area contributed by atoms with Gasteiger partial charge in [0.25, 0.3) is 11.8 Å². The lowest BCUT2D eigenvalue weighted by molar-refractivity contribution is -0.117. The molecule has 1 aromatic heterocycles. The van der Waals surface area contributed by atoms with Gasteiger partial charge >= 0.3 is 0 Å². The predicted molar refractivity (Wildman–Crippen MR) is 121 cm³/mol. The minimum Gasteiger partial charge on any atom is -0.504 e. The Hall–Kier alpha value is -3.91. The van der Waals surface area contributed by atoms with E-state index in [4.69, 9.17) is 4.74 Å². The molecular weight excluding hydrogens is 414 g/mol. The second-order valence-corrected chi connectivity index (χ2v) is 7.23. The largest absolute Gasteiger partial charge is 0.504 e. The van der Waals surface area contributed by atoms with E-state index in [9.17, 15) is 14.7 Å².